The zero-order valence-electron chi connectivity index (χ0n) is 24.9. The highest BCUT2D eigenvalue weighted by atomic mass is 35.5. The molecule has 1 amide bonds. The molecule has 9 heteroatoms. The van der Waals surface area contributed by atoms with E-state index in [0.717, 1.165) is 30.0 Å². The first kappa shape index (κ1) is 33.6. The lowest BCUT2D eigenvalue weighted by Crippen LogP contribution is -2.28. The van der Waals surface area contributed by atoms with Gasteiger partial charge in [-0.05, 0) is 82.1 Å². The summed E-state index contributed by atoms with van der Waals surface area (Å²) in [7, 11) is 2.20. The third-order valence-electron chi connectivity index (χ3n) is 6.56. The second kappa shape index (κ2) is 17.3. The minimum absolute atomic E-state index is 0.252. The van der Waals surface area contributed by atoms with Crippen LogP contribution in [0.4, 0.5) is 5.69 Å². The number of amides is 1. The Morgan fingerprint density at radius 1 is 1.20 bits per heavy atom. The van der Waals surface area contributed by atoms with Crippen molar-refractivity contribution in [1.29, 1.82) is 0 Å². The van der Waals surface area contributed by atoms with Crippen LogP contribution >= 0.6 is 23.2 Å². The van der Waals surface area contributed by atoms with Gasteiger partial charge in [0.1, 0.15) is 5.82 Å². The molecule has 4 N–H and O–H groups in total. The van der Waals surface area contributed by atoms with Gasteiger partial charge in [-0.3, -0.25) is 9.79 Å². The fourth-order valence-electron chi connectivity index (χ4n) is 4.52. The van der Waals surface area contributed by atoms with Crippen molar-refractivity contribution in [2.45, 2.75) is 72.8 Å². The number of aromatic amines is 1. The summed E-state index contributed by atoms with van der Waals surface area (Å²) < 4.78 is 0. The Kier molecular flexibility index (Phi) is 14.5. The molecule has 40 heavy (non-hydrogen) atoms. The summed E-state index contributed by atoms with van der Waals surface area (Å²) in [6, 6.07) is 9.86. The molecule has 4 rings (SSSR count). The quantitative estimate of drug-likeness (QED) is 0.244. The number of fused-ring (bicyclic) bond motifs is 1. The maximum Gasteiger partial charge on any atom is 0.251 e. The highest BCUT2D eigenvalue weighted by molar-refractivity contribution is 6.33. The van der Waals surface area contributed by atoms with Crippen molar-refractivity contribution in [3.8, 4) is 0 Å². The lowest BCUT2D eigenvalue weighted by molar-refractivity contribution is 0.0938. The van der Waals surface area contributed by atoms with Gasteiger partial charge in [0.25, 0.3) is 5.91 Å². The number of aliphatic imine (C=N–C) groups is 1. The van der Waals surface area contributed by atoms with Crippen LogP contribution in [-0.2, 0) is 0 Å². The number of anilines is 1. The number of nitrogens with zero attached hydrogens (tertiary/aromatic N) is 3. The first-order valence-corrected chi connectivity index (χ1v) is 15.1. The van der Waals surface area contributed by atoms with E-state index in [1.807, 2.05) is 26.8 Å². The van der Waals surface area contributed by atoms with Gasteiger partial charge < -0.3 is 20.9 Å². The maximum absolute atomic E-state index is 12.3. The molecule has 0 radical (unpaired) electrons. The minimum Gasteiger partial charge on any atom is -0.398 e. The van der Waals surface area contributed by atoms with E-state index in [0.29, 0.717) is 27.1 Å². The molecule has 0 spiro atoms. The zero-order valence-corrected chi connectivity index (χ0v) is 26.4. The number of rotatable bonds is 7. The Bertz CT molecular complexity index is 1240. The summed E-state index contributed by atoms with van der Waals surface area (Å²) in [5.74, 6) is 1.23. The number of benzene rings is 2. The fourth-order valence-corrected chi connectivity index (χ4v) is 4.87. The first-order chi connectivity index (χ1) is 19.2. The normalized spacial score (nSPS) is 16.0. The van der Waals surface area contributed by atoms with Crippen molar-refractivity contribution >= 4 is 51.5 Å². The smallest absolute Gasteiger partial charge is 0.251 e. The number of imidazole rings is 1. The molecule has 1 aliphatic rings. The number of nitrogen functional groups attached to an aromatic ring is 1. The molecule has 2 atom stereocenters. The van der Waals surface area contributed by atoms with Gasteiger partial charge in [0.15, 0.2) is 0 Å². The molecule has 3 aromatic rings. The minimum atomic E-state index is -0.301. The van der Waals surface area contributed by atoms with E-state index in [1.54, 1.807) is 24.3 Å². The SMILES string of the molecule is CC.CC(NC(=O)c1ccc(N)c(Cl)c1)c1nc2ccc(Cl)cc2[nH]1.CCCN(C)CC1=NCCCCC(C)C1. The van der Waals surface area contributed by atoms with Gasteiger partial charge in [-0.1, -0.05) is 63.7 Å². The number of nitrogens with two attached hydrogens (primary N) is 1. The van der Waals surface area contributed by atoms with Crippen LogP contribution in [0.2, 0.25) is 10.0 Å². The van der Waals surface area contributed by atoms with Crippen LogP contribution in [0.15, 0.2) is 41.4 Å². The number of carbonyl (C=O) groups is 1. The predicted octanol–water partition coefficient (Wildman–Crippen LogP) is 7.95. The molecule has 2 heterocycles. The third-order valence-corrected chi connectivity index (χ3v) is 7.13. The molecule has 220 valence electrons. The highest BCUT2D eigenvalue weighted by Crippen LogP contribution is 2.22. The maximum atomic E-state index is 12.3. The lowest BCUT2D eigenvalue weighted by atomic mass is 9.96. The number of aromatic nitrogens is 2. The average molecular weight is 590 g/mol. The molecular formula is C31H46Cl2N6O. The second-order valence-corrected chi connectivity index (χ2v) is 11.0. The lowest BCUT2D eigenvalue weighted by Gasteiger charge is -2.21. The molecule has 7 nitrogen and oxygen atoms in total. The Hall–Kier alpha value is -2.61. The molecule has 2 aromatic carbocycles. The number of hydrogen-bond acceptors (Lipinski definition) is 5. The van der Waals surface area contributed by atoms with E-state index < -0.39 is 0 Å². The number of H-pyrrole nitrogens is 1. The van der Waals surface area contributed by atoms with Gasteiger partial charge >= 0.3 is 0 Å². The largest absolute Gasteiger partial charge is 0.398 e. The van der Waals surface area contributed by atoms with Crippen molar-refractivity contribution in [1.82, 2.24) is 20.2 Å². The van der Waals surface area contributed by atoms with Gasteiger partial charge in [0, 0.05) is 29.4 Å². The van der Waals surface area contributed by atoms with Crippen LogP contribution in [0.5, 0.6) is 0 Å². The van der Waals surface area contributed by atoms with Gasteiger partial charge in [0.2, 0.25) is 0 Å². The van der Waals surface area contributed by atoms with Crippen molar-refractivity contribution < 1.29 is 4.79 Å². The standard InChI is InChI=1S/C16H14Cl2N4O.C13H26N2.C2H6/c1-8(15-21-13-5-3-10(17)7-14(13)22-15)20-16(23)9-2-4-12(19)11(18)6-9;1-4-9-15(3)11-13-10-12(2)7-5-6-8-14-13;1-2/h2-8H,19H2,1H3,(H,20,23)(H,21,22);12H,4-11H2,1-3H3;1-2H3. The van der Waals surface area contributed by atoms with Gasteiger partial charge in [-0.2, -0.15) is 0 Å². The average Bonchev–Trinajstić information content (AvgIpc) is 3.34. The van der Waals surface area contributed by atoms with Gasteiger partial charge in [-0.15, -0.1) is 0 Å². The van der Waals surface area contributed by atoms with Crippen LogP contribution in [0, 0.1) is 5.92 Å². The molecule has 1 aromatic heterocycles. The van der Waals surface area contributed by atoms with Gasteiger partial charge in [-0.25, -0.2) is 4.98 Å². The van der Waals surface area contributed by atoms with Crippen molar-refractivity contribution in [2.24, 2.45) is 10.9 Å². The van der Waals surface area contributed by atoms with E-state index in [4.69, 9.17) is 33.9 Å². The monoisotopic (exact) mass is 588 g/mol. The zero-order chi connectivity index (χ0) is 29.7. The Morgan fingerprint density at radius 3 is 2.65 bits per heavy atom. The molecule has 1 aliphatic heterocycles. The molecule has 0 fully saturated rings. The van der Waals surface area contributed by atoms with Crippen molar-refractivity contribution in [2.75, 3.05) is 32.4 Å². The topological polar surface area (TPSA) is 99.4 Å². The summed E-state index contributed by atoms with van der Waals surface area (Å²) in [5.41, 5.74) is 9.57. The number of carbonyl (C=O) groups excluding carboxylic acids is 1. The summed E-state index contributed by atoms with van der Waals surface area (Å²) in [4.78, 5) is 27.0. The van der Waals surface area contributed by atoms with Crippen LogP contribution in [-0.4, -0.2) is 53.2 Å². The van der Waals surface area contributed by atoms with Crippen molar-refractivity contribution in [3.05, 3.63) is 57.8 Å². The van der Waals surface area contributed by atoms with Crippen LogP contribution in [0.25, 0.3) is 11.0 Å². The molecule has 0 saturated heterocycles. The van der Waals surface area contributed by atoms with Crippen LogP contribution < -0.4 is 11.1 Å². The molecule has 0 saturated carbocycles. The Morgan fingerprint density at radius 2 is 1.95 bits per heavy atom. The Labute approximate surface area is 249 Å². The Balaban J connectivity index is 0.000000287. The summed E-state index contributed by atoms with van der Waals surface area (Å²) in [6.45, 7) is 13.8. The van der Waals surface area contributed by atoms with E-state index in [9.17, 15) is 4.79 Å². The molecule has 2 unspecified atom stereocenters. The summed E-state index contributed by atoms with van der Waals surface area (Å²) >= 11 is 11.9. The van der Waals surface area contributed by atoms with Crippen LogP contribution in [0.3, 0.4) is 0 Å². The van der Waals surface area contributed by atoms with Crippen molar-refractivity contribution in [3.63, 3.8) is 0 Å². The molecule has 0 bridgehead atoms. The molecular weight excluding hydrogens is 543 g/mol. The van der Waals surface area contributed by atoms with Gasteiger partial charge in [0.05, 0.1) is 27.8 Å². The number of hydrogen-bond donors (Lipinski definition) is 3. The molecule has 0 aliphatic carbocycles. The number of nitrogens with one attached hydrogen (secondary N) is 2. The first-order valence-electron chi connectivity index (χ1n) is 14.4. The number of halogens is 2. The van der Waals surface area contributed by atoms with E-state index in [2.05, 4.69) is 41.1 Å². The second-order valence-electron chi connectivity index (χ2n) is 10.2. The fraction of sp³-hybridized carbons (Fsp3) is 0.516. The predicted molar refractivity (Wildman–Crippen MR) is 172 cm³/mol. The third kappa shape index (κ3) is 10.8. The van der Waals surface area contributed by atoms with E-state index in [-0.39, 0.29) is 11.9 Å². The highest BCUT2D eigenvalue weighted by Gasteiger charge is 2.16. The van der Waals surface area contributed by atoms with E-state index in [1.165, 1.54) is 50.4 Å². The summed E-state index contributed by atoms with van der Waals surface area (Å²) in [5, 5.41) is 3.85. The summed E-state index contributed by atoms with van der Waals surface area (Å²) in [6.07, 6.45) is 6.48. The van der Waals surface area contributed by atoms with E-state index >= 15 is 0 Å². The van der Waals surface area contributed by atoms with Crippen LogP contribution in [0.1, 0.15) is 88.9 Å².